The van der Waals surface area contributed by atoms with E-state index in [0.29, 0.717) is 25.0 Å². The number of aliphatic hydroxyl groups is 1. The Balaban J connectivity index is 1.54. The molecule has 0 saturated heterocycles. The molecule has 0 unspecified atom stereocenters. The Hall–Kier alpha value is -2.75. The summed E-state index contributed by atoms with van der Waals surface area (Å²) in [5, 5.41) is 21.8. The molecule has 0 bridgehead atoms. The predicted octanol–water partition coefficient (Wildman–Crippen LogP) is 3.68. The average Bonchev–Trinajstić information content (AvgIpc) is 2.76. The molecule has 8 nitrogen and oxygen atoms in total. The molecule has 2 aliphatic rings. The molecule has 0 aromatic heterocycles. The molecule has 170 valence electrons. The van der Waals surface area contributed by atoms with Gasteiger partial charge in [0.2, 0.25) is 0 Å². The van der Waals surface area contributed by atoms with Gasteiger partial charge in [0.25, 0.3) is 15.7 Å². The van der Waals surface area contributed by atoms with Crippen LogP contribution in [0.4, 0.5) is 5.69 Å². The predicted molar refractivity (Wildman–Crippen MR) is 118 cm³/mol. The third-order valence-electron chi connectivity index (χ3n) is 6.11. The van der Waals surface area contributed by atoms with Gasteiger partial charge in [-0.1, -0.05) is 23.8 Å². The van der Waals surface area contributed by atoms with Crippen molar-refractivity contribution in [1.82, 2.24) is 4.31 Å². The zero-order valence-corrected chi connectivity index (χ0v) is 18.6. The molecular formula is C23H26N2O6S. The van der Waals surface area contributed by atoms with Crippen LogP contribution in [0.2, 0.25) is 0 Å². The van der Waals surface area contributed by atoms with Crippen LogP contribution in [-0.4, -0.2) is 41.0 Å². The molecule has 0 radical (unpaired) electrons. The number of rotatable bonds is 7. The lowest BCUT2D eigenvalue weighted by molar-refractivity contribution is -0.384. The van der Waals surface area contributed by atoms with Crippen LogP contribution in [0.1, 0.15) is 36.8 Å². The van der Waals surface area contributed by atoms with E-state index in [1.807, 2.05) is 6.92 Å². The number of nitro benzene ring substituents is 1. The van der Waals surface area contributed by atoms with Crippen molar-refractivity contribution in [1.29, 1.82) is 0 Å². The van der Waals surface area contributed by atoms with E-state index in [1.165, 1.54) is 16.4 Å². The van der Waals surface area contributed by atoms with E-state index < -0.39 is 26.7 Å². The van der Waals surface area contributed by atoms with Crippen LogP contribution in [-0.2, 0) is 21.4 Å². The molecule has 32 heavy (non-hydrogen) atoms. The van der Waals surface area contributed by atoms with Gasteiger partial charge in [-0.05, 0) is 62.4 Å². The smallest absolute Gasteiger partial charge is 0.269 e. The van der Waals surface area contributed by atoms with Crippen molar-refractivity contribution in [3.8, 4) is 0 Å². The lowest BCUT2D eigenvalue weighted by Gasteiger charge is -2.46. The maximum atomic E-state index is 13.5. The fraction of sp³-hybridized carbons (Fsp3) is 0.391. The van der Waals surface area contributed by atoms with Crippen LogP contribution in [0.25, 0.3) is 0 Å². The second kappa shape index (κ2) is 8.65. The summed E-state index contributed by atoms with van der Waals surface area (Å²) in [7, 11) is -3.87. The van der Waals surface area contributed by atoms with Crippen molar-refractivity contribution in [2.24, 2.45) is 0 Å². The molecule has 0 spiro atoms. The van der Waals surface area contributed by atoms with Crippen molar-refractivity contribution >= 4 is 15.7 Å². The summed E-state index contributed by atoms with van der Waals surface area (Å²) in [6, 6.07) is 12.7. The molecule has 0 amide bonds. The van der Waals surface area contributed by atoms with Gasteiger partial charge in [-0.3, -0.25) is 14.4 Å². The maximum absolute atomic E-state index is 13.5. The minimum Gasteiger partial charge on any atom is -0.384 e. The molecule has 1 fully saturated rings. The normalized spacial score (nSPS) is 20.4. The van der Waals surface area contributed by atoms with Gasteiger partial charge in [-0.25, -0.2) is 8.42 Å². The van der Waals surface area contributed by atoms with Gasteiger partial charge in [-0.2, -0.15) is 0 Å². The second-order valence-corrected chi connectivity index (χ2v) is 10.3. The van der Waals surface area contributed by atoms with Crippen molar-refractivity contribution in [2.45, 2.75) is 55.8 Å². The van der Waals surface area contributed by atoms with E-state index in [-0.39, 0.29) is 23.7 Å². The first-order valence-electron chi connectivity index (χ1n) is 10.6. The summed E-state index contributed by atoms with van der Waals surface area (Å²) in [6.07, 6.45) is 3.77. The van der Waals surface area contributed by atoms with E-state index in [2.05, 4.69) is 0 Å². The Morgan fingerprint density at radius 3 is 2.38 bits per heavy atom. The van der Waals surface area contributed by atoms with Gasteiger partial charge in [0.1, 0.15) is 5.60 Å². The topological polar surface area (TPSA) is 110 Å². The molecule has 1 N–H and O–H groups in total. The molecule has 4 rings (SSSR count). The number of hydrogen-bond acceptors (Lipinski definition) is 6. The van der Waals surface area contributed by atoms with Crippen LogP contribution < -0.4 is 0 Å². The van der Waals surface area contributed by atoms with Gasteiger partial charge in [0.15, 0.2) is 0 Å². The number of non-ortho nitro benzene ring substituents is 1. The Kier molecular flexibility index (Phi) is 6.07. The molecule has 1 heterocycles. The summed E-state index contributed by atoms with van der Waals surface area (Å²) < 4.78 is 34.2. The van der Waals surface area contributed by atoms with Gasteiger partial charge in [0.05, 0.1) is 34.8 Å². The third-order valence-corrected chi connectivity index (χ3v) is 7.91. The quantitative estimate of drug-likeness (QED) is 0.501. The van der Waals surface area contributed by atoms with Crippen LogP contribution >= 0.6 is 0 Å². The minimum absolute atomic E-state index is 0.00287. The number of nitro groups is 1. The fourth-order valence-corrected chi connectivity index (χ4v) is 5.61. The number of ether oxygens (including phenoxy) is 1. The monoisotopic (exact) mass is 458 g/mol. The van der Waals surface area contributed by atoms with Gasteiger partial charge >= 0.3 is 0 Å². The highest BCUT2D eigenvalue weighted by Crippen LogP contribution is 2.43. The van der Waals surface area contributed by atoms with Crippen LogP contribution in [0.5, 0.6) is 0 Å². The number of benzene rings is 2. The van der Waals surface area contributed by atoms with E-state index in [0.717, 1.165) is 17.5 Å². The summed E-state index contributed by atoms with van der Waals surface area (Å²) in [6.45, 7) is 2.19. The van der Waals surface area contributed by atoms with Crippen molar-refractivity contribution in [3.63, 3.8) is 0 Å². The van der Waals surface area contributed by atoms with Gasteiger partial charge in [0, 0.05) is 12.1 Å². The molecule has 1 aliphatic heterocycles. The number of aryl methyl sites for hydroxylation is 1. The lowest BCUT2D eigenvalue weighted by Crippen LogP contribution is -2.51. The highest BCUT2D eigenvalue weighted by atomic mass is 32.2. The third kappa shape index (κ3) is 4.41. The van der Waals surface area contributed by atoms with Crippen molar-refractivity contribution < 1.29 is 23.2 Å². The zero-order valence-electron chi connectivity index (χ0n) is 17.8. The first-order chi connectivity index (χ1) is 15.2. The van der Waals surface area contributed by atoms with Gasteiger partial charge in [-0.15, -0.1) is 0 Å². The first kappa shape index (κ1) is 22.4. The summed E-state index contributed by atoms with van der Waals surface area (Å²) in [4.78, 5) is 10.5. The van der Waals surface area contributed by atoms with E-state index in [1.54, 1.807) is 42.5 Å². The first-order valence-corrected chi connectivity index (χ1v) is 12.0. The molecule has 1 atom stereocenters. The molecule has 2 aromatic carbocycles. The number of nitrogens with zero attached hydrogens (tertiary/aromatic N) is 2. The summed E-state index contributed by atoms with van der Waals surface area (Å²) in [5.41, 5.74) is 1.03. The summed E-state index contributed by atoms with van der Waals surface area (Å²) in [5.74, 6) is 0. The maximum Gasteiger partial charge on any atom is 0.269 e. The number of hydrogen-bond donors (Lipinski definition) is 1. The van der Waals surface area contributed by atoms with E-state index >= 15 is 0 Å². The molecule has 1 saturated carbocycles. The Bertz CT molecular complexity index is 1120. The molecule has 9 heteroatoms. The van der Waals surface area contributed by atoms with Gasteiger partial charge < -0.3 is 9.84 Å². The Labute approximate surface area is 187 Å². The van der Waals surface area contributed by atoms with E-state index in [4.69, 9.17) is 4.74 Å². The molecule has 1 aliphatic carbocycles. The SMILES string of the molecule is Cc1ccc(S(=O)(=O)N2C[C@@H](OCc3ccc([N+](=O)[O-])cc3)CC=C2C2(O)CCC2)cc1. The Morgan fingerprint density at radius 2 is 1.81 bits per heavy atom. The highest BCUT2D eigenvalue weighted by molar-refractivity contribution is 7.89. The number of sulfonamides is 1. The average molecular weight is 459 g/mol. The van der Waals surface area contributed by atoms with Crippen molar-refractivity contribution in [3.05, 3.63) is 81.5 Å². The van der Waals surface area contributed by atoms with E-state index in [9.17, 15) is 23.6 Å². The molecule has 2 aromatic rings. The minimum atomic E-state index is -3.87. The van der Waals surface area contributed by atoms with Crippen molar-refractivity contribution in [2.75, 3.05) is 6.54 Å². The second-order valence-electron chi connectivity index (χ2n) is 8.42. The standard InChI is InChI=1S/C23H26N2O6S/c1-17-3-10-21(11-4-17)32(29,30)24-15-20(9-12-22(24)23(26)13-2-14-23)31-16-18-5-7-19(8-6-18)25(27)28/h3-8,10-12,20,26H,2,9,13-16H2,1H3/t20-/m0/s1. The largest absolute Gasteiger partial charge is 0.384 e. The highest BCUT2D eigenvalue weighted by Gasteiger charge is 2.46. The Morgan fingerprint density at radius 1 is 1.16 bits per heavy atom. The van der Waals surface area contributed by atoms with Crippen LogP contribution in [0, 0.1) is 17.0 Å². The molecular weight excluding hydrogens is 432 g/mol. The van der Waals surface area contributed by atoms with Crippen LogP contribution in [0.3, 0.4) is 0 Å². The summed E-state index contributed by atoms with van der Waals surface area (Å²) >= 11 is 0. The van der Waals surface area contributed by atoms with Crippen LogP contribution in [0.15, 0.2) is 65.2 Å². The lowest BCUT2D eigenvalue weighted by atomic mass is 9.76. The fourth-order valence-electron chi connectivity index (χ4n) is 4.01. The zero-order chi connectivity index (χ0) is 22.9.